The lowest BCUT2D eigenvalue weighted by Gasteiger charge is -2.25. The number of carboxylic acid groups (broad SMARTS) is 1. The first-order valence-electron chi connectivity index (χ1n) is 11.9. The number of nitrogens with two attached hydrogens (primary N) is 2. The molecule has 0 saturated heterocycles. The third-order valence-corrected chi connectivity index (χ3v) is 6.46. The van der Waals surface area contributed by atoms with Crippen LogP contribution >= 0.6 is 11.8 Å². The van der Waals surface area contributed by atoms with Crippen molar-refractivity contribution in [3.63, 3.8) is 0 Å². The molecule has 2 aromatic rings. The van der Waals surface area contributed by atoms with Crippen LogP contribution < -0.4 is 27.4 Å². The highest BCUT2D eigenvalue weighted by Crippen LogP contribution is 2.19. The molecule has 1 aromatic carbocycles. The van der Waals surface area contributed by atoms with E-state index in [0.29, 0.717) is 5.75 Å². The Kier molecular flexibility index (Phi) is 12.0. The monoisotopic (exact) mass is 550 g/mol. The molecule has 0 spiro atoms. The summed E-state index contributed by atoms with van der Waals surface area (Å²) in [5, 5.41) is 26.6. The van der Waals surface area contributed by atoms with Crippen LogP contribution in [0.2, 0.25) is 0 Å². The first kappa shape index (κ1) is 30.6. The zero-order valence-corrected chi connectivity index (χ0v) is 21.8. The Hall–Kier alpha value is -3.62. The van der Waals surface area contributed by atoms with E-state index in [1.807, 2.05) is 24.3 Å². The minimum absolute atomic E-state index is 0.0148. The van der Waals surface area contributed by atoms with Crippen LogP contribution in [0.25, 0.3) is 10.9 Å². The van der Waals surface area contributed by atoms with Gasteiger partial charge in [-0.2, -0.15) is 11.8 Å². The third-order valence-electron chi connectivity index (χ3n) is 5.81. The number of H-pyrrole nitrogens is 1. The molecule has 0 bridgehead atoms. The number of carboxylic acids is 1. The highest BCUT2D eigenvalue weighted by atomic mass is 32.2. The van der Waals surface area contributed by atoms with Crippen LogP contribution in [0.3, 0.4) is 0 Å². The van der Waals surface area contributed by atoms with E-state index >= 15 is 0 Å². The molecule has 4 unspecified atom stereocenters. The van der Waals surface area contributed by atoms with Crippen LogP contribution in [0, 0.1) is 0 Å². The maximum atomic E-state index is 13.4. The number of nitrogens with one attached hydrogen (secondary N) is 4. The van der Waals surface area contributed by atoms with Crippen molar-refractivity contribution in [1.29, 1.82) is 0 Å². The number of carbonyl (C=O) groups excluding carboxylic acids is 4. The Morgan fingerprint density at radius 2 is 1.61 bits per heavy atom. The maximum Gasteiger partial charge on any atom is 0.328 e. The molecule has 0 aliphatic carbocycles. The quantitative estimate of drug-likeness (QED) is 0.122. The van der Waals surface area contributed by atoms with Crippen molar-refractivity contribution in [2.24, 2.45) is 11.5 Å². The van der Waals surface area contributed by atoms with E-state index in [9.17, 15) is 29.1 Å². The maximum absolute atomic E-state index is 13.4. The van der Waals surface area contributed by atoms with Gasteiger partial charge in [-0.1, -0.05) is 18.2 Å². The standard InChI is InChI=1S/C24H34N6O7S/c1-38-9-8-17(22(34)30-19(12-31)24(36)37)28-23(35)18(29-21(33)15(25)6-7-20(26)32)10-13-11-27-16-5-3-2-4-14(13)16/h2-5,11,15,17-19,27,31H,6-10,12,25H2,1H3,(H2,26,32)(H,28,35)(H,29,33)(H,30,34)(H,36,37). The van der Waals surface area contributed by atoms with E-state index in [2.05, 4.69) is 20.9 Å². The predicted octanol–water partition coefficient (Wildman–Crippen LogP) is -1.41. The van der Waals surface area contributed by atoms with Crippen molar-refractivity contribution in [2.75, 3.05) is 18.6 Å². The van der Waals surface area contributed by atoms with Crippen molar-refractivity contribution in [1.82, 2.24) is 20.9 Å². The lowest BCUT2D eigenvalue weighted by molar-refractivity contribution is -0.143. The number of fused-ring (bicyclic) bond motifs is 1. The SMILES string of the molecule is CSCCC(NC(=O)C(Cc1c[nH]c2ccccc12)NC(=O)C(N)CCC(N)=O)C(=O)NC(CO)C(=O)O. The zero-order chi connectivity index (χ0) is 28.2. The Morgan fingerprint density at radius 1 is 0.974 bits per heavy atom. The van der Waals surface area contributed by atoms with E-state index in [-0.39, 0.29) is 25.7 Å². The molecule has 1 heterocycles. The molecular weight excluding hydrogens is 516 g/mol. The van der Waals surface area contributed by atoms with Gasteiger partial charge in [-0.25, -0.2) is 4.79 Å². The number of amides is 4. The molecule has 10 N–H and O–H groups in total. The summed E-state index contributed by atoms with van der Waals surface area (Å²) in [4.78, 5) is 64.4. The third kappa shape index (κ3) is 9.04. The number of aromatic amines is 1. The molecule has 14 heteroatoms. The summed E-state index contributed by atoms with van der Waals surface area (Å²) in [7, 11) is 0. The molecule has 0 aliphatic rings. The van der Waals surface area contributed by atoms with Gasteiger partial charge in [0.2, 0.25) is 23.6 Å². The average molecular weight is 551 g/mol. The summed E-state index contributed by atoms with van der Waals surface area (Å²) in [6, 6.07) is 2.46. The van der Waals surface area contributed by atoms with Crippen LogP contribution in [-0.4, -0.2) is 87.6 Å². The number of aromatic nitrogens is 1. The number of aliphatic hydroxyl groups is 1. The fourth-order valence-corrected chi connectivity index (χ4v) is 4.14. The van der Waals surface area contributed by atoms with Crippen molar-refractivity contribution in [3.8, 4) is 0 Å². The lowest BCUT2D eigenvalue weighted by atomic mass is 10.0. The summed E-state index contributed by atoms with van der Waals surface area (Å²) in [5.74, 6) is -3.74. The number of thioether (sulfide) groups is 1. The second kappa shape index (κ2) is 15.0. The van der Waals surface area contributed by atoms with Gasteiger partial charge >= 0.3 is 5.97 Å². The van der Waals surface area contributed by atoms with Gasteiger partial charge in [0.05, 0.1) is 12.6 Å². The predicted molar refractivity (Wildman–Crippen MR) is 142 cm³/mol. The van der Waals surface area contributed by atoms with Gasteiger partial charge in [0.1, 0.15) is 18.1 Å². The molecular formula is C24H34N6O7S. The fraction of sp³-hybridized carbons (Fsp3) is 0.458. The lowest BCUT2D eigenvalue weighted by Crippen LogP contribution is -2.58. The minimum Gasteiger partial charge on any atom is -0.480 e. The van der Waals surface area contributed by atoms with E-state index in [0.717, 1.165) is 16.5 Å². The molecule has 0 fully saturated rings. The highest BCUT2D eigenvalue weighted by Gasteiger charge is 2.30. The number of hydrogen-bond acceptors (Lipinski definition) is 8. The second-order valence-electron chi connectivity index (χ2n) is 8.66. The largest absolute Gasteiger partial charge is 0.480 e. The topological polar surface area (TPSA) is 230 Å². The van der Waals surface area contributed by atoms with Gasteiger partial charge in [-0.05, 0) is 36.5 Å². The van der Waals surface area contributed by atoms with E-state index in [1.165, 1.54) is 11.8 Å². The van der Waals surface area contributed by atoms with Crippen molar-refractivity contribution in [2.45, 2.75) is 49.9 Å². The van der Waals surface area contributed by atoms with Gasteiger partial charge in [0.15, 0.2) is 0 Å². The highest BCUT2D eigenvalue weighted by molar-refractivity contribution is 7.98. The number of para-hydroxylation sites is 1. The number of aliphatic hydroxyl groups excluding tert-OH is 1. The van der Waals surface area contributed by atoms with Gasteiger partial charge in [-0.15, -0.1) is 0 Å². The first-order chi connectivity index (χ1) is 18.1. The van der Waals surface area contributed by atoms with E-state index in [4.69, 9.17) is 16.6 Å². The molecule has 4 atom stereocenters. The van der Waals surface area contributed by atoms with Crippen molar-refractivity contribution < 1.29 is 34.2 Å². The zero-order valence-electron chi connectivity index (χ0n) is 20.9. The normalized spacial score (nSPS) is 14.2. The Balaban J connectivity index is 2.27. The van der Waals surface area contributed by atoms with Crippen LogP contribution in [0.1, 0.15) is 24.8 Å². The number of benzene rings is 1. The van der Waals surface area contributed by atoms with Gasteiger partial charge in [0.25, 0.3) is 0 Å². The molecule has 0 aliphatic heterocycles. The fourth-order valence-electron chi connectivity index (χ4n) is 3.67. The molecule has 38 heavy (non-hydrogen) atoms. The molecule has 13 nitrogen and oxygen atoms in total. The van der Waals surface area contributed by atoms with Crippen molar-refractivity contribution >= 4 is 52.3 Å². The second-order valence-corrected chi connectivity index (χ2v) is 9.65. The average Bonchev–Trinajstić information content (AvgIpc) is 3.29. The molecule has 0 saturated carbocycles. The van der Waals surface area contributed by atoms with E-state index in [1.54, 1.807) is 12.5 Å². The summed E-state index contributed by atoms with van der Waals surface area (Å²) >= 11 is 1.42. The number of carbonyl (C=O) groups is 5. The Labute approximate surface area is 223 Å². The van der Waals surface area contributed by atoms with Crippen LogP contribution in [0.4, 0.5) is 0 Å². The van der Waals surface area contributed by atoms with Crippen LogP contribution in [0.5, 0.6) is 0 Å². The summed E-state index contributed by atoms with van der Waals surface area (Å²) in [6.07, 6.45) is 3.61. The molecule has 208 valence electrons. The Bertz CT molecular complexity index is 1140. The number of hydrogen-bond donors (Lipinski definition) is 8. The summed E-state index contributed by atoms with van der Waals surface area (Å²) < 4.78 is 0. The first-order valence-corrected chi connectivity index (χ1v) is 13.3. The molecule has 4 amide bonds. The molecule has 2 rings (SSSR count). The van der Waals surface area contributed by atoms with Crippen LogP contribution in [0.15, 0.2) is 30.5 Å². The van der Waals surface area contributed by atoms with Gasteiger partial charge in [-0.3, -0.25) is 19.2 Å². The number of aliphatic carboxylic acids is 1. The Morgan fingerprint density at radius 3 is 2.24 bits per heavy atom. The number of primary amides is 1. The number of rotatable bonds is 16. The van der Waals surface area contributed by atoms with Crippen LogP contribution in [-0.2, 0) is 30.4 Å². The van der Waals surface area contributed by atoms with Gasteiger partial charge in [0, 0.05) is 29.9 Å². The summed E-state index contributed by atoms with van der Waals surface area (Å²) in [5.41, 5.74) is 12.6. The van der Waals surface area contributed by atoms with Crippen molar-refractivity contribution in [3.05, 3.63) is 36.0 Å². The summed E-state index contributed by atoms with van der Waals surface area (Å²) in [6.45, 7) is -0.827. The van der Waals surface area contributed by atoms with E-state index < -0.39 is 60.4 Å². The molecule has 1 aromatic heterocycles. The smallest absolute Gasteiger partial charge is 0.328 e. The minimum atomic E-state index is -1.54. The van der Waals surface area contributed by atoms with Gasteiger partial charge < -0.3 is 42.6 Å². The molecule has 0 radical (unpaired) electrons.